The second kappa shape index (κ2) is 58.0. The van der Waals surface area contributed by atoms with Crippen LogP contribution in [0.15, 0.2) is 24.3 Å². The average Bonchev–Trinajstić information content (AvgIpc) is 3.46. The third-order valence-corrected chi connectivity index (χ3v) is 17.0. The van der Waals surface area contributed by atoms with Gasteiger partial charge in [-0.2, -0.15) is 0 Å². The molecule has 1 heterocycles. The molecule has 1 aliphatic heterocycles. The first-order chi connectivity index (χ1) is 39.2. The summed E-state index contributed by atoms with van der Waals surface area (Å²) in [6.45, 7) is 3.50. The molecule has 0 bridgehead atoms. The Kier molecular flexibility index (Phi) is 55.5. The predicted octanol–water partition coefficient (Wildman–Crippen LogP) is 16.4. The van der Waals surface area contributed by atoms with Crippen LogP contribution in [0.3, 0.4) is 0 Å². The molecule has 0 saturated carbocycles. The summed E-state index contributed by atoms with van der Waals surface area (Å²) >= 11 is 0. The minimum Gasteiger partial charge on any atom is -0.394 e. The molecular formula is C69H133NO10. The van der Waals surface area contributed by atoms with Crippen LogP contribution < -0.4 is 5.32 Å². The predicted molar refractivity (Wildman–Crippen MR) is 335 cm³/mol. The van der Waals surface area contributed by atoms with E-state index in [0.717, 1.165) is 38.5 Å². The van der Waals surface area contributed by atoms with Gasteiger partial charge in [-0.05, 0) is 64.2 Å². The molecule has 1 amide bonds. The number of unbranched alkanes of at least 4 members (excludes halogenated alkanes) is 45. The molecule has 9 unspecified atom stereocenters. The molecule has 1 rings (SSSR count). The van der Waals surface area contributed by atoms with Crippen molar-refractivity contribution in [2.75, 3.05) is 13.2 Å². The van der Waals surface area contributed by atoms with Crippen LogP contribution in [0.2, 0.25) is 0 Å². The van der Waals surface area contributed by atoms with Crippen molar-refractivity contribution >= 4 is 5.91 Å². The Morgan fingerprint density at radius 3 is 1.07 bits per heavy atom. The summed E-state index contributed by atoms with van der Waals surface area (Å²) < 4.78 is 11.2. The Bertz CT molecular complexity index is 1350. The summed E-state index contributed by atoms with van der Waals surface area (Å²) in [6, 6.07) is -1.18. The van der Waals surface area contributed by atoms with Crippen LogP contribution in [0.25, 0.3) is 0 Å². The highest BCUT2D eigenvalue weighted by Gasteiger charge is 2.44. The fourth-order valence-electron chi connectivity index (χ4n) is 11.4. The molecule has 0 aromatic heterocycles. The van der Waals surface area contributed by atoms with Crippen molar-refractivity contribution in [3.8, 4) is 0 Å². The molecule has 0 aliphatic carbocycles. The largest absolute Gasteiger partial charge is 0.394 e. The molecule has 0 aromatic rings. The summed E-state index contributed by atoms with van der Waals surface area (Å²) in [5.74, 6) is -0.700. The van der Waals surface area contributed by atoms with E-state index >= 15 is 0 Å². The number of carbonyl (C=O) groups is 1. The van der Waals surface area contributed by atoms with E-state index < -0.39 is 74.2 Å². The van der Waals surface area contributed by atoms with Crippen molar-refractivity contribution in [1.82, 2.24) is 5.32 Å². The molecule has 0 aromatic carbocycles. The lowest BCUT2D eigenvalue weighted by atomic mass is 9.98. The van der Waals surface area contributed by atoms with E-state index in [9.17, 15) is 40.5 Å². The molecule has 11 nitrogen and oxygen atoms in total. The van der Waals surface area contributed by atoms with Gasteiger partial charge < -0.3 is 50.5 Å². The van der Waals surface area contributed by atoms with Gasteiger partial charge in [0.05, 0.1) is 25.4 Å². The molecule has 1 fully saturated rings. The third-order valence-electron chi connectivity index (χ3n) is 17.0. The van der Waals surface area contributed by atoms with Gasteiger partial charge in [-0.3, -0.25) is 4.79 Å². The number of aliphatic hydroxyl groups excluding tert-OH is 7. The van der Waals surface area contributed by atoms with Crippen molar-refractivity contribution in [2.24, 2.45) is 0 Å². The van der Waals surface area contributed by atoms with Gasteiger partial charge >= 0.3 is 0 Å². The Morgan fingerprint density at radius 2 is 0.738 bits per heavy atom. The smallest absolute Gasteiger partial charge is 0.249 e. The number of allylic oxidation sites excluding steroid dienone is 4. The molecule has 9 atom stereocenters. The lowest BCUT2D eigenvalue weighted by Gasteiger charge is -2.40. The lowest BCUT2D eigenvalue weighted by molar-refractivity contribution is -0.303. The SMILES string of the molecule is CCCCCCCCCCCCCC/C=C\CCCCCCCCCCCCCCCCCCC(O)C(=O)NC(COC1OC(CO)C(O)C(O)C1O)C(O)C(O)CCC/C=C/CCCCCCCCCCCCCCCCCC. The number of rotatable bonds is 61. The van der Waals surface area contributed by atoms with Crippen molar-refractivity contribution in [1.29, 1.82) is 0 Å². The molecular weight excluding hydrogens is 1000 g/mol. The highest BCUT2D eigenvalue weighted by atomic mass is 16.7. The molecule has 0 radical (unpaired) electrons. The summed E-state index contributed by atoms with van der Waals surface area (Å²) in [5.41, 5.74) is 0. The third kappa shape index (κ3) is 45.0. The molecule has 1 saturated heterocycles. The summed E-state index contributed by atoms with van der Waals surface area (Å²) in [6.07, 6.45) is 61.2. The maximum atomic E-state index is 13.2. The zero-order valence-corrected chi connectivity index (χ0v) is 52.3. The van der Waals surface area contributed by atoms with E-state index in [1.54, 1.807) is 0 Å². The minimum atomic E-state index is -1.67. The molecule has 0 spiro atoms. The Hall–Kier alpha value is -1.41. The zero-order chi connectivity index (χ0) is 58.2. The fourth-order valence-corrected chi connectivity index (χ4v) is 11.4. The van der Waals surface area contributed by atoms with Crippen LogP contribution in [0.4, 0.5) is 0 Å². The van der Waals surface area contributed by atoms with Crippen LogP contribution in [0.5, 0.6) is 0 Å². The van der Waals surface area contributed by atoms with Gasteiger partial charge in [-0.1, -0.05) is 301 Å². The monoisotopic (exact) mass is 1140 g/mol. The standard InChI is InChI=1S/C69H133NO10/c1-3-5-7-9-11-13-15-17-19-21-23-25-26-27-28-29-30-31-32-33-34-35-37-39-41-43-45-47-49-51-53-55-57-62(73)68(78)70-60(59-79-69-67(77)66(76)65(75)63(58-71)80-69)64(74)61(72)56-54-52-50-48-46-44-42-40-38-36-24-22-20-18-16-14-12-10-8-6-4-2/h27-28,48,50,60-67,69,71-77H,3-26,29-47,49,51-59H2,1-2H3,(H,70,78)/b28-27-,50-48+. The van der Waals surface area contributed by atoms with Crippen LogP contribution in [-0.4, -0.2) is 110 Å². The number of hydrogen-bond acceptors (Lipinski definition) is 10. The quantitative estimate of drug-likeness (QED) is 0.0215. The Morgan fingerprint density at radius 1 is 0.425 bits per heavy atom. The van der Waals surface area contributed by atoms with Crippen LogP contribution in [-0.2, 0) is 14.3 Å². The molecule has 11 heteroatoms. The van der Waals surface area contributed by atoms with E-state index in [-0.39, 0.29) is 12.8 Å². The maximum absolute atomic E-state index is 13.2. The van der Waals surface area contributed by atoms with Crippen molar-refractivity contribution in [3.05, 3.63) is 24.3 Å². The zero-order valence-electron chi connectivity index (χ0n) is 52.3. The highest BCUT2D eigenvalue weighted by Crippen LogP contribution is 2.24. The van der Waals surface area contributed by atoms with Crippen molar-refractivity contribution in [3.63, 3.8) is 0 Å². The number of aliphatic hydroxyl groups is 7. The van der Waals surface area contributed by atoms with Gasteiger partial charge in [-0.15, -0.1) is 0 Å². The summed E-state index contributed by atoms with van der Waals surface area (Å²) in [4.78, 5) is 13.2. The van der Waals surface area contributed by atoms with Crippen molar-refractivity contribution in [2.45, 2.75) is 396 Å². The number of nitrogens with one attached hydrogen (secondary N) is 1. The average molecular weight is 1140 g/mol. The normalized spacial score (nSPS) is 19.3. The van der Waals surface area contributed by atoms with E-state index in [4.69, 9.17) is 9.47 Å². The number of ether oxygens (including phenoxy) is 2. The van der Waals surface area contributed by atoms with Crippen LogP contribution >= 0.6 is 0 Å². The summed E-state index contributed by atoms with van der Waals surface area (Å²) in [7, 11) is 0. The molecule has 80 heavy (non-hydrogen) atoms. The van der Waals surface area contributed by atoms with Crippen LogP contribution in [0.1, 0.15) is 341 Å². The van der Waals surface area contributed by atoms with Gasteiger partial charge in [0.2, 0.25) is 5.91 Å². The van der Waals surface area contributed by atoms with E-state index in [1.165, 1.54) is 263 Å². The molecule has 8 N–H and O–H groups in total. The fraction of sp³-hybridized carbons (Fsp3) is 0.928. The second-order valence-electron chi connectivity index (χ2n) is 24.6. The van der Waals surface area contributed by atoms with Gasteiger partial charge in [0.1, 0.15) is 36.6 Å². The maximum Gasteiger partial charge on any atom is 0.249 e. The molecule has 474 valence electrons. The first kappa shape index (κ1) is 76.6. The lowest BCUT2D eigenvalue weighted by Crippen LogP contribution is -2.60. The van der Waals surface area contributed by atoms with Gasteiger partial charge in [-0.25, -0.2) is 0 Å². The van der Waals surface area contributed by atoms with Gasteiger partial charge in [0.25, 0.3) is 0 Å². The van der Waals surface area contributed by atoms with E-state index in [0.29, 0.717) is 12.8 Å². The van der Waals surface area contributed by atoms with Crippen LogP contribution in [0, 0.1) is 0 Å². The van der Waals surface area contributed by atoms with E-state index in [1.807, 2.05) is 0 Å². The summed E-state index contributed by atoms with van der Waals surface area (Å²) in [5, 5.41) is 76.4. The highest BCUT2D eigenvalue weighted by molar-refractivity contribution is 5.80. The number of amides is 1. The Labute approximate surface area is 493 Å². The molecule has 1 aliphatic rings. The first-order valence-electron chi connectivity index (χ1n) is 34.7. The second-order valence-corrected chi connectivity index (χ2v) is 24.6. The van der Waals surface area contributed by atoms with E-state index in [2.05, 4.69) is 43.5 Å². The van der Waals surface area contributed by atoms with Crippen molar-refractivity contribution < 1.29 is 50.0 Å². The number of hydrogen-bond donors (Lipinski definition) is 8. The number of carbonyl (C=O) groups excluding carboxylic acids is 1. The first-order valence-corrected chi connectivity index (χ1v) is 34.7. The van der Waals surface area contributed by atoms with Gasteiger partial charge in [0.15, 0.2) is 6.29 Å². The Balaban J connectivity index is 2.19. The van der Waals surface area contributed by atoms with Gasteiger partial charge in [0, 0.05) is 0 Å². The minimum absolute atomic E-state index is 0.257. The topological polar surface area (TPSA) is 189 Å².